The lowest BCUT2D eigenvalue weighted by Gasteiger charge is -2.16. The number of hydrogen-bond donors (Lipinski definition) is 2. The molecule has 0 bridgehead atoms. The molecule has 0 saturated heterocycles. The van der Waals surface area contributed by atoms with E-state index in [1.165, 1.54) is 11.6 Å². The quantitative estimate of drug-likeness (QED) is 0.520. The normalized spacial score (nSPS) is 12.2. The van der Waals surface area contributed by atoms with Crippen LogP contribution in [0.25, 0.3) is 11.0 Å². The SMILES string of the molecule is CCNC(=O)NC(=O)C(C)Sc1nc(C)nc2c1c(=O)n(C)c(=O)n2CC(C)C. The fourth-order valence-electron chi connectivity index (χ4n) is 2.70. The maximum Gasteiger partial charge on any atom is 0.332 e. The second kappa shape index (κ2) is 9.21. The molecule has 1 atom stereocenters. The molecule has 0 spiro atoms. The summed E-state index contributed by atoms with van der Waals surface area (Å²) < 4.78 is 2.48. The number of rotatable bonds is 6. The molecule has 2 aromatic rings. The molecule has 2 rings (SSSR count). The van der Waals surface area contributed by atoms with E-state index in [9.17, 15) is 19.2 Å². The lowest BCUT2D eigenvalue weighted by molar-refractivity contribution is -0.119. The molecule has 2 aromatic heterocycles. The van der Waals surface area contributed by atoms with Crippen molar-refractivity contribution in [3.63, 3.8) is 0 Å². The van der Waals surface area contributed by atoms with Crippen molar-refractivity contribution in [1.82, 2.24) is 29.7 Å². The highest BCUT2D eigenvalue weighted by Crippen LogP contribution is 2.26. The molecule has 2 N–H and O–H groups in total. The Kier molecular flexibility index (Phi) is 7.17. The Morgan fingerprint density at radius 2 is 1.83 bits per heavy atom. The van der Waals surface area contributed by atoms with Crippen LogP contribution in [-0.4, -0.2) is 42.8 Å². The van der Waals surface area contributed by atoms with E-state index in [2.05, 4.69) is 20.6 Å². The van der Waals surface area contributed by atoms with E-state index < -0.39 is 28.4 Å². The van der Waals surface area contributed by atoms with Crippen molar-refractivity contribution in [3.05, 3.63) is 26.7 Å². The van der Waals surface area contributed by atoms with Gasteiger partial charge in [0.15, 0.2) is 5.65 Å². The van der Waals surface area contributed by atoms with Crippen LogP contribution in [0.2, 0.25) is 0 Å². The van der Waals surface area contributed by atoms with Crippen molar-refractivity contribution in [2.24, 2.45) is 13.0 Å². The number of imide groups is 1. The third-order valence-corrected chi connectivity index (χ3v) is 5.13. The van der Waals surface area contributed by atoms with Gasteiger partial charge in [-0.2, -0.15) is 0 Å². The Morgan fingerprint density at radius 3 is 2.41 bits per heavy atom. The van der Waals surface area contributed by atoms with E-state index in [4.69, 9.17) is 0 Å². The topological polar surface area (TPSA) is 128 Å². The Morgan fingerprint density at radius 1 is 1.17 bits per heavy atom. The van der Waals surface area contributed by atoms with E-state index in [0.29, 0.717) is 23.9 Å². The van der Waals surface area contributed by atoms with Gasteiger partial charge in [-0.1, -0.05) is 25.6 Å². The summed E-state index contributed by atoms with van der Waals surface area (Å²) in [7, 11) is 1.40. The number of carbonyl (C=O) groups excluding carboxylic acids is 2. The summed E-state index contributed by atoms with van der Waals surface area (Å²) in [6, 6.07) is -0.588. The number of thioether (sulfide) groups is 1. The summed E-state index contributed by atoms with van der Waals surface area (Å²) >= 11 is 1.04. The number of amides is 3. The van der Waals surface area contributed by atoms with Crippen LogP contribution >= 0.6 is 11.8 Å². The number of nitrogens with one attached hydrogen (secondary N) is 2. The molecule has 0 aliphatic rings. The van der Waals surface area contributed by atoms with E-state index in [1.807, 2.05) is 13.8 Å². The van der Waals surface area contributed by atoms with Crippen molar-refractivity contribution >= 4 is 34.7 Å². The molecule has 10 nitrogen and oxygen atoms in total. The number of urea groups is 1. The maximum atomic E-state index is 12.8. The van der Waals surface area contributed by atoms with Gasteiger partial charge in [-0.3, -0.25) is 24.0 Å². The number of aryl methyl sites for hydroxylation is 1. The lowest BCUT2D eigenvalue weighted by atomic mass is 10.2. The highest BCUT2D eigenvalue weighted by atomic mass is 32.2. The van der Waals surface area contributed by atoms with Crippen molar-refractivity contribution in [1.29, 1.82) is 0 Å². The first-order valence-corrected chi connectivity index (χ1v) is 10.2. The molecule has 0 aliphatic carbocycles. The van der Waals surface area contributed by atoms with Crippen LogP contribution < -0.4 is 21.9 Å². The van der Waals surface area contributed by atoms with Crippen LogP contribution in [0.5, 0.6) is 0 Å². The van der Waals surface area contributed by atoms with Gasteiger partial charge in [0.25, 0.3) is 5.56 Å². The molecule has 11 heteroatoms. The minimum absolute atomic E-state index is 0.154. The molecular formula is C18H26N6O4S. The molecule has 0 saturated carbocycles. The van der Waals surface area contributed by atoms with E-state index in [1.54, 1.807) is 20.8 Å². The summed E-state index contributed by atoms with van der Waals surface area (Å²) in [6.45, 7) is 9.70. The Bertz CT molecular complexity index is 1060. The van der Waals surface area contributed by atoms with Gasteiger partial charge in [0.1, 0.15) is 16.2 Å². The average molecular weight is 423 g/mol. The Labute approximate surface area is 172 Å². The zero-order valence-corrected chi connectivity index (χ0v) is 18.2. The van der Waals surface area contributed by atoms with Gasteiger partial charge in [0.2, 0.25) is 5.91 Å². The Hall–Kier alpha value is -2.69. The summed E-state index contributed by atoms with van der Waals surface area (Å²) in [4.78, 5) is 58.0. The van der Waals surface area contributed by atoms with Gasteiger partial charge in [-0.05, 0) is 26.7 Å². The molecule has 0 aromatic carbocycles. The number of carbonyl (C=O) groups is 2. The van der Waals surface area contributed by atoms with Gasteiger partial charge < -0.3 is 5.32 Å². The monoisotopic (exact) mass is 422 g/mol. The maximum absolute atomic E-state index is 12.8. The predicted molar refractivity (Wildman–Crippen MR) is 111 cm³/mol. The van der Waals surface area contributed by atoms with Crippen LogP contribution in [0, 0.1) is 12.8 Å². The first-order chi connectivity index (χ1) is 13.6. The Balaban J connectivity index is 2.56. The van der Waals surface area contributed by atoms with Crippen molar-refractivity contribution in [3.8, 4) is 0 Å². The van der Waals surface area contributed by atoms with Gasteiger partial charge in [0, 0.05) is 20.1 Å². The molecule has 2 heterocycles. The molecule has 0 aliphatic heterocycles. The smallest absolute Gasteiger partial charge is 0.332 e. The summed E-state index contributed by atoms with van der Waals surface area (Å²) in [5.74, 6) is 0.0146. The molecular weight excluding hydrogens is 396 g/mol. The third-order valence-electron chi connectivity index (χ3n) is 4.04. The summed E-state index contributed by atoms with van der Waals surface area (Å²) in [5, 5.41) is 4.50. The fraction of sp³-hybridized carbons (Fsp3) is 0.556. The number of aromatic nitrogens is 4. The van der Waals surface area contributed by atoms with E-state index in [0.717, 1.165) is 16.3 Å². The largest absolute Gasteiger partial charge is 0.338 e. The summed E-state index contributed by atoms with van der Waals surface area (Å²) in [6.07, 6.45) is 0. The van der Waals surface area contributed by atoms with Crippen molar-refractivity contribution < 1.29 is 9.59 Å². The molecule has 3 amide bonds. The van der Waals surface area contributed by atoms with E-state index in [-0.39, 0.29) is 17.0 Å². The molecule has 0 fully saturated rings. The van der Waals surface area contributed by atoms with Gasteiger partial charge >= 0.3 is 11.7 Å². The standard InChI is InChI=1S/C18H26N6O4S/c1-7-19-17(27)22-14(25)10(4)29-15-12-13(20-11(5)21-15)24(8-9(2)3)18(28)23(6)16(12)26/h9-10H,7-8H2,1-6H3,(H2,19,22,25,27). The third kappa shape index (κ3) is 5.03. The summed E-state index contributed by atoms with van der Waals surface area (Å²) in [5.41, 5.74) is -0.728. The van der Waals surface area contributed by atoms with Gasteiger partial charge in [0.05, 0.1) is 5.25 Å². The van der Waals surface area contributed by atoms with E-state index >= 15 is 0 Å². The first-order valence-electron chi connectivity index (χ1n) is 9.30. The molecule has 1 unspecified atom stereocenters. The van der Waals surface area contributed by atoms with Crippen molar-refractivity contribution in [2.75, 3.05) is 6.54 Å². The number of hydrogen-bond acceptors (Lipinski definition) is 7. The van der Waals surface area contributed by atoms with Gasteiger partial charge in [-0.15, -0.1) is 0 Å². The average Bonchev–Trinajstić information content (AvgIpc) is 2.62. The number of nitrogens with zero attached hydrogens (tertiary/aromatic N) is 4. The van der Waals surface area contributed by atoms with Crippen LogP contribution in [0.15, 0.2) is 14.6 Å². The van der Waals surface area contributed by atoms with Crippen LogP contribution in [0.3, 0.4) is 0 Å². The predicted octanol–water partition coefficient (Wildman–Crippen LogP) is 0.781. The second-order valence-electron chi connectivity index (χ2n) is 7.03. The van der Waals surface area contributed by atoms with Crippen LogP contribution in [0.1, 0.15) is 33.5 Å². The van der Waals surface area contributed by atoms with Gasteiger partial charge in [-0.25, -0.2) is 19.6 Å². The zero-order valence-electron chi connectivity index (χ0n) is 17.4. The minimum Gasteiger partial charge on any atom is -0.338 e. The molecule has 158 valence electrons. The highest BCUT2D eigenvalue weighted by molar-refractivity contribution is 8.00. The molecule has 0 radical (unpaired) electrons. The second-order valence-corrected chi connectivity index (χ2v) is 8.36. The first kappa shape index (κ1) is 22.6. The zero-order chi connectivity index (χ0) is 21.9. The van der Waals surface area contributed by atoms with Crippen molar-refractivity contribution in [2.45, 2.75) is 51.4 Å². The fourth-order valence-corrected chi connectivity index (χ4v) is 3.68. The lowest BCUT2D eigenvalue weighted by Crippen LogP contribution is -2.42. The number of fused-ring (bicyclic) bond motifs is 1. The van der Waals surface area contributed by atoms with Crippen LogP contribution in [-0.2, 0) is 18.4 Å². The molecule has 29 heavy (non-hydrogen) atoms. The highest BCUT2D eigenvalue weighted by Gasteiger charge is 2.23. The van der Waals surface area contributed by atoms with Crippen LogP contribution in [0.4, 0.5) is 4.79 Å². The minimum atomic E-state index is -0.703.